The second kappa shape index (κ2) is 27.3. The van der Waals surface area contributed by atoms with E-state index in [0.29, 0.717) is 40.2 Å². The maximum absolute atomic E-state index is 14.2. The van der Waals surface area contributed by atoms with E-state index < -0.39 is 72.4 Å². The molecule has 6 N–H and O–H groups in total. The van der Waals surface area contributed by atoms with Gasteiger partial charge in [0.25, 0.3) is 5.91 Å². The molecule has 0 aromatic heterocycles. The number of unbranched alkanes of at least 4 members (excludes halogenated alkanes) is 7. The average Bonchev–Trinajstić information content (AvgIpc) is 3.34. The molecule has 0 saturated heterocycles. The number of rotatable bonds is 23. The molecule has 18 nitrogen and oxygen atoms in total. The molecule has 5 atom stereocenters. The number of carbonyl (C=O) groups is 7. The highest BCUT2D eigenvalue weighted by atomic mass is 16.5. The summed E-state index contributed by atoms with van der Waals surface area (Å²) in [5.41, 5.74) is 9.02. The largest absolute Gasteiger partial charge is 0.496 e. The summed E-state index contributed by atoms with van der Waals surface area (Å²) in [6.45, 7) is 2.94. The van der Waals surface area contributed by atoms with Crippen LogP contribution in [0.15, 0.2) is 66.7 Å². The van der Waals surface area contributed by atoms with Crippen LogP contribution in [0.3, 0.4) is 0 Å². The summed E-state index contributed by atoms with van der Waals surface area (Å²) in [5.74, 6) is -3.96. The lowest BCUT2D eigenvalue weighted by Crippen LogP contribution is -2.59. The van der Waals surface area contributed by atoms with Crippen molar-refractivity contribution >= 4 is 41.4 Å². The number of benzene rings is 3. The zero-order chi connectivity index (χ0) is 49.8. The van der Waals surface area contributed by atoms with Crippen LogP contribution in [0.2, 0.25) is 0 Å². The lowest BCUT2D eigenvalue weighted by atomic mass is 9.93. The molecule has 0 fully saturated rings. The predicted octanol–water partition coefficient (Wildman–Crippen LogP) is 3.68. The summed E-state index contributed by atoms with van der Waals surface area (Å²) in [4.78, 5) is 97.3. The molecule has 4 rings (SSSR count). The van der Waals surface area contributed by atoms with Gasteiger partial charge in [0.2, 0.25) is 29.5 Å². The third-order valence-electron chi connectivity index (χ3n) is 11.9. The molecule has 3 aromatic rings. The summed E-state index contributed by atoms with van der Waals surface area (Å²) in [6.07, 6.45) is 7.07. The van der Waals surface area contributed by atoms with E-state index in [1.807, 2.05) is 30.3 Å². The van der Waals surface area contributed by atoms with Crippen LogP contribution in [0.4, 0.5) is 0 Å². The second-order valence-electron chi connectivity index (χ2n) is 16.9. The summed E-state index contributed by atoms with van der Waals surface area (Å²) in [5, 5.41) is 10.2. The van der Waals surface area contributed by atoms with Crippen molar-refractivity contribution < 1.29 is 52.5 Å². The van der Waals surface area contributed by atoms with Gasteiger partial charge < -0.3 is 55.7 Å². The van der Waals surface area contributed by atoms with Gasteiger partial charge in [-0.25, -0.2) is 4.79 Å². The van der Waals surface area contributed by atoms with Crippen molar-refractivity contribution in [1.29, 1.82) is 0 Å². The lowest BCUT2D eigenvalue weighted by molar-refractivity contribution is -0.145. The molecule has 0 radical (unpaired) electrons. The molecule has 370 valence electrons. The van der Waals surface area contributed by atoms with E-state index in [4.69, 9.17) is 24.7 Å². The number of amides is 6. The summed E-state index contributed by atoms with van der Waals surface area (Å²) in [7, 11) is 7.03. The van der Waals surface area contributed by atoms with Gasteiger partial charge >= 0.3 is 5.97 Å². The maximum atomic E-state index is 14.2. The lowest BCUT2D eigenvalue weighted by Gasteiger charge is -2.30. The van der Waals surface area contributed by atoms with E-state index in [-0.39, 0.29) is 32.0 Å². The minimum absolute atomic E-state index is 0.0525. The zero-order valence-corrected chi connectivity index (χ0v) is 40.4. The number of ether oxygens (including phenoxy) is 4. The van der Waals surface area contributed by atoms with Crippen LogP contribution in [0, 0.1) is 0 Å². The van der Waals surface area contributed by atoms with Crippen molar-refractivity contribution in [3.05, 3.63) is 83.4 Å². The molecule has 4 bridgehead atoms. The third kappa shape index (κ3) is 15.5. The molecular weight excluding hydrogens is 875 g/mol. The van der Waals surface area contributed by atoms with E-state index >= 15 is 0 Å². The van der Waals surface area contributed by atoms with Gasteiger partial charge in [-0.1, -0.05) is 94.3 Å². The van der Waals surface area contributed by atoms with E-state index in [2.05, 4.69) is 28.2 Å². The Labute approximate surface area is 399 Å². The summed E-state index contributed by atoms with van der Waals surface area (Å²) >= 11 is 0. The first-order valence-corrected chi connectivity index (χ1v) is 23.1. The van der Waals surface area contributed by atoms with Gasteiger partial charge in [0.1, 0.15) is 35.7 Å². The predicted molar refractivity (Wildman–Crippen MR) is 255 cm³/mol. The first kappa shape index (κ1) is 54.1. The molecule has 0 saturated carbocycles. The fourth-order valence-corrected chi connectivity index (χ4v) is 7.82. The van der Waals surface area contributed by atoms with Gasteiger partial charge in [-0.2, -0.15) is 0 Å². The number of hydrogen-bond acceptors (Lipinski definition) is 12. The van der Waals surface area contributed by atoms with Crippen LogP contribution >= 0.6 is 0 Å². The number of likely N-dealkylation sites (N-methyl/N-ethyl adjacent to an activating group) is 2. The van der Waals surface area contributed by atoms with Crippen LogP contribution in [0.1, 0.15) is 94.4 Å². The number of methoxy groups -OCH3 is 3. The van der Waals surface area contributed by atoms with E-state index in [1.165, 1.54) is 72.9 Å². The standard InChI is InChI=1S/C50H69N7O11/c1-8-9-10-11-12-13-14-18-21-42(58)56(3)39(31-68-30-33-19-16-15-17-20-33)47(61)55-45(51)49(63)52-29-43(59)57(4)44-35-23-25-41(66-6)37(28-35)36-26-34(22-24-40(36)65-5)27-38(50(64)67-7)54-46(60)32(2)53-48(44)62/h15-17,19-20,22-26,28,32,38-39,44-45H,8-14,18,21,27,29-31,51H2,1-7H3,(H,52,63)(H,53,62)(H,54,60)(H,55,61)/t32-,38-,39+,44-,45-/m0/s1. The van der Waals surface area contributed by atoms with Gasteiger partial charge in [-0.05, 0) is 54.3 Å². The Bertz CT molecular complexity index is 2190. The number of hydrogen-bond donors (Lipinski definition) is 5. The van der Waals surface area contributed by atoms with Crippen molar-refractivity contribution in [2.24, 2.45) is 5.73 Å². The van der Waals surface area contributed by atoms with Crippen LogP contribution < -0.4 is 36.5 Å². The quantitative estimate of drug-likeness (QED) is 0.0521. The van der Waals surface area contributed by atoms with Gasteiger partial charge in [0.15, 0.2) is 6.17 Å². The van der Waals surface area contributed by atoms with Crippen LogP contribution in [0.5, 0.6) is 11.5 Å². The monoisotopic (exact) mass is 944 g/mol. The van der Waals surface area contributed by atoms with E-state index in [1.54, 1.807) is 36.4 Å². The van der Waals surface area contributed by atoms with Crippen molar-refractivity contribution in [3.63, 3.8) is 0 Å². The Morgan fingerprint density at radius 2 is 1.41 bits per heavy atom. The number of nitrogens with one attached hydrogen (secondary N) is 4. The molecule has 1 aliphatic heterocycles. The third-order valence-corrected chi connectivity index (χ3v) is 11.9. The number of carbonyl (C=O) groups excluding carboxylic acids is 7. The molecule has 0 spiro atoms. The van der Waals surface area contributed by atoms with Crippen molar-refractivity contribution in [3.8, 4) is 22.6 Å². The fourth-order valence-electron chi connectivity index (χ4n) is 7.82. The highest BCUT2D eigenvalue weighted by Gasteiger charge is 2.35. The highest BCUT2D eigenvalue weighted by Crippen LogP contribution is 2.39. The van der Waals surface area contributed by atoms with Crippen LogP contribution in [-0.2, 0) is 56.1 Å². The smallest absolute Gasteiger partial charge is 0.328 e. The molecule has 1 aliphatic rings. The molecule has 0 unspecified atom stereocenters. The normalized spacial score (nSPS) is 16.7. The summed E-state index contributed by atoms with van der Waals surface area (Å²) < 4.78 is 22.3. The van der Waals surface area contributed by atoms with E-state index in [0.717, 1.165) is 29.7 Å². The first-order chi connectivity index (χ1) is 32.6. The average molecular weight is 944 g/mol. The molecular formula is C50H69N7O11. The number of esters is 1. The van der Waals surface area contributed by atoms with Crippen LogP contribution in [-0.4, -0.2) is 124 Å². The number of nitrogens with two attached hydrogens (primary N) is 1. The Kier molecular flexibility index (Phi) is 21.7. The Hall–Kier alpha value is -6.53. The minimum atomic E-state index is -1.64. The maximum Gasteiger partial charge on any atom is 0.328 e. The Balaban J connectivity index is 1.51. The molecule has 68 heavy (non-hydrogen) atoms. The summed E-state index contributed by atoms with van der Waals surface area (Å²) in [6, 6.07) is 14.6. The fraction of sp³-hybridized carbons (Fsp3) is 0.500. The number of fused-ring (bicyclic) bond motifs is 5. The highest BCUT2D eigenvalue weighted by molar-refractivity contribution is 5.96. The van der Waals surface area contributed by atoms with Gasteiger partial charge in [0, 0.05) is 38.1 Å². The molecule has 18 heteroatoms. The van der Waals surface area contributed by atoms with Gasteiger partial charge in [-0.3, -0.25) is 28.8 Å². The molecule has 3 aromatic carbocycles. The first-order valence-electron chi connectivity index (χ1n) is 23.1. The van der Waals surface area contributed by atoms with Gasteiger partial charge in [0.05, 0.1) is 41.1 Å². The molecule has 6 amide bonds. The van der Waals surface area contributed by atoms with Gasteiger partial charge in [-0.15, -0.1) is 0 Å². The van der Waals surface area contributed by atoms with Crippen LogP contribution in [0.25, 0.3) is 11.1 Å². The molecule has 1 heterocycles. The second-order valence-corrected chi connectivity index (χ2v) is 16.9. The van der Waals surface area contributed by atoms with Crippen molar-refractivity contribution in [2.45, 2.75) is 115 Å². The number of nitrogens with zero attached hydrogens (tertiary/aromatic N) is 2. The van der Waals surface area contributed by atoms with Crippen molar-refractivity contribution in [1.82, 2.24) is 31.1 Å². The van der Waals surface area contributed by atoms with E-state index in [9.17, 15) is 33.6 Å². The topological polar surface area (TPSA) is 237 Å². The zero-order valence-electron chi connectivity index (χ0n) is 40.4. The SMILES string of the molecule is CCCCCCCCCCC(=O)N(C)[C@H](COCc1ccccc1)C(=O)N[C@H](N)C(=O)NCC(=O)N(C)[C@@H]1C(=O)N[C@@H](C)C(=O)N[C@H](C(=O)OC)Cc2ccc(OC)c(c2)-c2cc1ccc2OC. The Morgan fingerprint density at radius 1 is 0.779 bits per heavy atom. The molecule has 0 aliphatic carbocycles. The minimum Gasteiger partial charge on any atom is -0.496 e. The Morgan fingerprint density at radius 3 is 2.06 bits per heavy atom. The van der Waals surface area contributed by atoms with Crippen molar-refractivity contribution in [2.75, 3.05) is 48.6 Å².